The topological polar surface area (TPSA) is 38.0 Å². The normalized spacial score (nSPS) is 13.9. The maximum Gasteiger partial charge on any atom is 0.338 e. The molecule has 0 fully saturated rings. The first-order valence-electron chi connectivity index (χ1n) is 4.31. The van der Waals surface area contributed by atoms with Gasteiger partial charge in [-0.3, -0.25) is 5.84 Å². The molecule has 1 unspecified atom stereocenters. The molecule has 90 valence electrons. The summed E-state index contributed by atoms with van der Waals surface area (Å²) in [5, 5.41) is -3.54. The molecule has 0 saturated carbocycles. The van der Waals surface area contributed by atoms with Crippen molar-refractivity contribution in [2.75, 3.05) is 0 Å². The Hall–Kier alpha value is -0.300. The van der Waals surface area contributed by atoms with Crippen molar-refractivity contribution < 1.29 is 13.2 Å². The molecule has 0 spiro atoms. The average Bonchev–Trinajstić information content (AvgIpc) is 2.17. The molecule has 1 aromatic rings. The maximum atomic E-state index is 13.3. The van der Waals surface area contributed by atoms with Gasteiger partial charge < -0.3 is 0 Å². The zero-order valence-corrected chi connectivity index (χ0v) is 10.3. The van der Waals surface area contributed by atoms with E-state index in [2.05, 4.69) is 15.9 Å². The van der Waals surface area contributed by atoms with Gasteiger partial charge in [0.25, 0.3) is 0 Å². The van der Waals surface area contributed by atoms with E-state index in [1.54, 1.807) is 0 Å². The molecule has 0 bridgehead atoms. The SMILES string of the molecule is NNC(Cc1cc(Br)ccc1F)C(F)(F)Cl. The Labute approximate surface area is 104 Å². The van der Waals surface area contributed by atoms with Crippen LogP contribution in [-0.2, 0) is 6.42 Å². The summed E-state index contributed by atoms with van der Waals surface area (Å²) in [6, 6.07) is 2.53. The first-order chi connectivity index (χ1) is 7.34. The summed E-state index contributed by atoms with van der Waals surface area (Å²) in [6.07, 6.45) is -0.307. The molecular weight excluding hydrogens is 308 g/mol. The molecule has 0 saturated heterocycles. The van der Waals surface area contributed by atoms with Crippen LogP contribution in [0.2, 0.25) is 0 Å². The second kappa shape index (κ2) is 5.35. The van der Waals surface area contributed by atoms with Crippen LogP contribution in [0.15, 0.2) is 22.7 Å². The number of hydrazine groups is 1. The largest absolute Gasteiger partial charge is 0.338 e. The van der Waals surface area contributed by atoms with Crippen LogP contribution in [0.4, 0.5) is 13.2 Å². The number of nitrogens with one attached hydrogen (secondary N) is 1. The second-order valence-electron chi connectivity index (χ2n) is 3.20. The van der Waals surface area contributed by atoms with Gasteiger partial charge in [0.2, 0.25) is 0 Å². The van der Waals surface area contributed by atoms with Gasteiger partial charge in [0.1, 0.15) is 11.9 Å². The van der Waals surface area contributed by atoms with Crippen molar-refractivity contribution in [1.82, 2.24) is 5.43 Å². The van der Waals surface area contributed by atoms with E-state index in [1.165, 1.54) is 18.2 Å². The molecule has 16 heavy (non-hydrogen) atoms. The molecule has 0 aliphatic heterocycles. The van der Waals surface area contributed by atoms with Crippen LogP contribution >= 0.6 is 27.5 Å². The number of halogens is 5. The van der Waals surface area contributed by atoms with Gasteiger partial charge >= 0.3 is 5.38 Å². The van der Waals surface area contributed by atoms with Crippen molar-refractivity contribution in [3.8, 4) is 0 Å². The van der Waals surface area contributed by atoms with Gasteiger partial charge in [-0.15, -0.1) is 0 Å². The number of rotatable bonds is 4. The number of hydrogen-bond donors (Lipinski definition) is 2. The molecule has 2 nitrogen and oxygen atoms in total. The van der Waals surface area contributed by atoms with Crippen molar-refractivity contribution in [1.29, 1.82) is 0 Å². The highest BCUT2D eigenvalue weighted by molar-refractivity contribution is 9.10. The van der Waals surface area contributed by atoms with Crippen molar-refractivity contribution in [2.45, 2.75) is 17.8 Å². The van der Waals surface area contributed by atoms with E-state index in [0.29, 0.717) is 4.47 Å². The van der Waals surface area contributed by atoms with Crippen molar-refractivity contribution in [3.63, 3.8) is 0 Å². The van der Waals surface area contributed by atoms with Gasteiger partial charge in [0.05, 0.1) is 0 Å². The molecular formula is C9H9BrClF3N2. The summed E-state index contributed by atoms with van der Waals surface area (Å²) in [7, 11) is 0. The monoisotopic (exact) mass is 316 g/mol. The van der Waals surface area contributed by atoms with Crippen LogP contribution in [0.3, 0.4) is 0 Å². The van der Waals surface area contributed by atoms with Crippen molar-refractivity contribution >= 4 is 27.5 Å². The lowest BCUT2D eigenvalue weighted by atomic mass is 10.1. The summed E-state index contributed by atoms with van der Waals surface area (Å²) < 4.78 is 39.5. The fraction of sp³-hybridized carbons (Fsp3) is 0.333. The minimum absolute atomic E-state index is 0.109. The molecule has 7 heteroatoms. The smallest absolute Gasteiger partial charge is 0.271 e. The van der Waals surface area contributed by atoms with E-state index in [-0.39, 0.29) is 12.0 Å². The highest BCUT2D eigenvalue weighted by Crippen LogP contribution is 2.27. The summed E-state index contributed by atoms with van der Waals surface area (Å²) in [4.78, 5) is 0. The lowest BCUT2D eigenvalue weighted by Gasteiger charge is -2.20. The van der Waals surface area contributed by atoms with E-state index in [1.807, 2.05) is 5.43 Å². The standard InChI is InChI=1S/C9H9BrClF3N2/c10-6-1-2-7(12)5(3-6)4-8(16-15)9(11,13)14/h1-3,8,16H,4,15H2. The predicted molar refractivity (Wildman–Crippen MR) is 59.7 cm³/mol. The van der Waals surface area contributed by atoms with Crippen LogP contribution in [-0.4, -0.2) is 11.4 Å². The Morgan fingerprint density at radius 3 is 2.62 bits per heavy atom. The zero-order chi connectivity index (χ0) is 12.3. The Kier molecular flexibility index (Phi) is 4.61. The molecule has 0 radical (unpaired) electrons. The number of benzene rings is 1. The third kappa shape index (κ3) is 3.62. The maximum absolute atomic E-state index is 13.3. The third-order valence-corrected chi connectivity index (χ3v) is 2.78. The number of nitrogens with two attached hydrogens (primary N) is 1. The van der Waals surface area contributed by atoms with Crippen LogP contribution in [0.5, 0.6) is 0 Å². The average molecular weight is 318 g/mol. The van der Waals surface area contributed by atoms with Gasteiger partial charge in [-0.05, 0) is 41.8 Å². The van der Waals surface area contributed by atoms with Crippen molar-refractivity contribution in [3.05, 3.63) is 34.1 Å². The highest BCUT2D eigenvalue weighted by Gasteiger charge is 2.36. The van der Waals surface area contributed by atoms with Gasteiger partial charge in [-0.2, -0.15) is 8.78 Å². The van der Waals surface area contributed by atoms with Crippen LogP contribution < -0.4 is 11.3 Å². The third-order valence-electron chi connectivity index (χ3n) is 2.03. The lowest BCUT2D eigenvalue weighted by Crippen LogP contribution is -2.47. The Bertz CT molecular complexity index is 370. The first kappa shape index (κ1) is 13.8. The van der Waals surface area contributed by atoms with E-state index in [0.717, 1.165) is 0 Å². The lowest BCUT2D eigenvalue weighted by molar-refractivity contribution is 0.0500. The van der Waals surface area contributed by atoms with Gasteiger partial charge in [0, 0.05) is 4.47 Å². The van der Waals surface area contributed by atoms with Crippen LogP contribution in [0.25, 0.3) is 0 Å². The first-order valence-corrected chi connectivity index (χ1v) is 5.48. The fourth-order valence-electron chi connectivity index (χ4n) is 1.19. The van der Waals surface area contributed by atoms with E-state index in [9.17, 15) is 13.2 Å². The van der Waals surface area contributed by atoms with E-state index in [4.69, 9.17) is 17.4 Å². The number of hydrogen-bond acceptors (Lipinski definition) is 2. The molecule has 0 aromatic heterocycles. The Balaban J connectivity index is 2.90. The zero-order valence-electron chi connectivity index (χ0n) is 7.98. The molecule has 0 amide bonds. The van der Waals surface area contributed by atoms with Crippen molar-refractivity contribution in [2.24, 2.45) is 5.84 Å². The van der Waals surface area contributed by atoms with Gasteiger partial charge in [-0.25, -0.2) is 9.82 Å². The molecule has 0 aliphatic rings. The molecule has 1 atom stereocenters. The minimum atomic E-state index is -3.54. The van der Waals surface area contributed by atoms with E-state index < -0.39 is 17.2 Å². The summed E-state index contributed by atoms with van der Waals surface area (Å²) >= 11 is 7.95. The van der Waals surface area contributed by atoms with Crippen LogP contribution in [0, 0.1) is 5.82 Å². The molecule has 1 rings (SSSR count). The fourth-order valence-corrected chi connectivity index (χ4v) is 1.74. The minimum Gasteiger partial charge on any atom is -0.271 e. The molecule has 3 N–H and O–H groups in total. The molecule has 0 aliphatic carbocycles. The second-order valence-corrected chi connectivity index (χ2v) is 4.62. The predicted octanol–water partition coefficient (Wildman–Crippen LogP) is 2.79. The van der Waals surface area contributed by atoms with Gasteiger partial charge in [-0.1, -0.05) is 15.9 Å². The highest BCUT2D eigenvalue weighted by atomic mass is 79.9. The van der Waals surface area contributed by atoms with Crippen LogP contribution in [0.1, 0.15) is 5.56 Å². The summed E-state index contributed by atoms with van der Waals surface area (Å²) in [5.74, 6) is 4.37. The Morgan fingerprint density at radius 2 is 2.12 bits per heavy atom. The molecule has 1 aromatic carbocycles. The summed E-state index contributed by atoms with van der Waals surface area (Å²) in [5.41, 5.74) is 1.98. The number of alkyl halides is 3. The summed E-state index contributed by atoms with van der Waals surface area (Å²) in [6.45, 7) is 0. The van der Waals surface area contributed by atoms with E-state index >= 15 is 0 Å². The van der Waals surface area contributed by atoms with Gasteiger partial charge in [0.15, 0.2) is 0 Å². The Morgan fingerprint density at radius 1 is 1.50 bits per heavy atom. The quantitative estimate of drug-likeness (QED) is 0.509. The molecule has 0 heterocycles.